The van der Waals surface area contributed by atoms with Crippen molar-refractivity contribution >= 4 is 28.2 Å². The van der Waals surface area contributed by atoms with Crippen LogP contribution in [0.2, 0.25) is 0 Å². The first-order valence-electron chi connectivity index (χ1n) is 4.31. The molecular weight excluding hydrogens is 234 g/mol. The second-order valence-electron chi connectivity index (χ2n) is 2.65. The predicted molar refractivity (Wildman–Crippen MR) is 57.6 cm³/mol. The minimum Gasteiger partial charge on any atom is -0.374 e. The second-order valence-corrected chi connectivity index (χ2v) is 4.88. The maximum Gasteiger partial charge on any atom is 0.237 e. The molecule has 2 rings (SSSR count). The van der Waals surface area contributed by atoms with E-state index < -0.39 is 0 Å². The first kappa shape index (κ1) is 10.4. The summed E-state index contributed by atoms with van der Waals surface area (Å²) in [4.78, 5) is 4.18. The zero-order valence-electron chi connectivity index (χ0n) is 8.01. The molecule has 0 bridgehead atoms. The summed E-state index contributed by atoms with van der Waals surface area (Å²) in [6.07, 6.45) is 0.778. The zero-order valence-corrected chi connectivity index (χ0v) is 9.64. The van der Waals surface area contributed by atoms with E-state index in [1.54, 1.807) is 0 Å². The van der Waals surface area contributed by atoms with Crippen molar-refractivity contribution in [2.45, 2.75) is 23.4 Å². The average molecular weight is 243 g/mol. The van der Waals surface area contributed by atoms with E-state index >= 15 is 0 Å². The Kier molecular flexibility index (Phi) is 3.17. The van der Waals surface area contributed by atoms with E-state index in [1.165, 1.54) is 23.1 Å². The summed E-state index contributed by atoms with van der Waals surface area (Å²) in [7, 11) is 0. The Morgan fingerprint density at radius 3 is 2.93 bits per heavy atom. The van der Waals surface area contributed by atoms with Crippen molar-refractivity contribution in [3.05, 3.63) is 11.7 Å². The molecule has 0 spiro atoms. The van der Waals surface area contributed by atoms with Gasteiger partial charge in [0.05, 0.1) is 5.75 Å². The van der Waals surface area contributed by atoms with Crippen molar-refractivity contribution in [3.63, 3.8) is 0 Å². The Labute approximate surface area is 94.3 Å². The van der Waals surface area contributed by atoms with Crippen LogP contribution in [0.25, 0.3) is 0 Å². The molecule has 80 valence electrons. The van der Waals surface area contributed by atoms with Crippen LogP contribution in [0.15, 0.2) is 8.86 Å². The number of aromatic nitrogens is 4. The van der Waals surface area contributed by atoms with Gasteiger partial charge in [-0.25, -0.2) is 0 Å². The van der Waals surface area contributed by atoms with Crippen molar-refractivity contribution in [1.29, 1.82) is 0 Å². The van der Waals surface area contributed by atoms with Gasteiger partial charge in [0.1, 0.15) is 0 Å². The highest BCUT2D eigenvalue weighted by Crippen LogP contribution is 2.26. The normalized spacial score (nSPS) is 10.7. The highest BCUT2D eigenvalue weighted by Gasteiger charge is 2.07. The van der Waals surface area contributed by atoms with Gasteiger partial charge in [-0.2, -0.15) is 4.98 Å². The van der Waals surface area contributed by atoms with Crippen molar-refractivity contribution in [2.24, 2.45) is 0 Å². The third kappa shape index (κ3) is 2.66. The third-order valence-corrected chi connectivity index (χ3v) is 3.44. The van der Waals surface area contributed by atoms with Crippen LogP contribution in [-0.2, 0) is 12.2 Å². The number of nitrogens with two attached hydrogens (primary N) is 1. The van der Waals surface area contributed by atoms with Crippen LogP contribution in [-0.4, -0.2) is 20.3 Å². The summed E-state index contributed by atoms with van der Waals surface area (Å²) in [5, 5.41) is 11.8. The summed E-state index contributed by atoms with van der Waals surface area (Å²) in [5.74, 6) is 1.93. The lowest BCUT2D eigenvalue weighted by atomic mass is 10.5. The fourth-order valence-corrected chi connectivity index (χ4v) is 2.37. The zero-order chi connectivity index (χ0) is 10.7. The maximum atomic E-state index is 5.45. The lowest BCUT2D eigenvalue weighted by Crippen LogP contribution is -1.84. The molecule has 8 heteroatoms. The molecule has 0 saturated carbocycles. The number of nitrogens with zero attached hydrogens (tertiary/aromatic N) is 4. The van der Waals surface area contributed by atoms with Crippen molar-refractivity contribution < 1.29 is 4.52 Å². The van der Waals surface area contributed by atoms with Gasteiger partial charge in [-0.05, 0) is 0 Å². The van der Waals surface area contributed by atoms with Crippen LogP contribution in [0.4, 0.5) is 5.13 Å². The van der Waals surface area contributed by atoms with Crippen LogP contribution in [0.3, 0.4) is 0 Å². The summed E-state index contributed by atoms with van der Waals surface area (Å²) in [5.41, 5.74) is 5.45. The molecule has 0 aliphatic heterocycles. The summed E-state index contributed by atoms with van der Waals surface area (Å²) < 4.78 is 5.84. The SMILES string of the molecule is CCc1noc(CSc2nnc(N)s2)n1. The Morgan fingerprint density at radius 1 is 1.47 bits per heavy atom. The molecule has 2 heterocycles. The standard InChI is InChI=1S/C7H9N5OS2/c1-2-4-9-5(13-12-4)3-14-7-11-10-6(8)15-7/h2-3H2,1H3,(H2,8,10). The summed E-state index contributed by atoms with van der Waals surface area (Å²) in [6, 6.07) is 0. The molecule has 0 aliphatic rings. The molecule has 0 radical (unpaired) electrons. The first-order chi connectivity index (χ1) is 7.28. The molecule has 0 unspecified atom stereocenters. The quantitative estimate of drug-likeness (QED) is 0.810. The highest BCUT2D eigenvalue weighted by molar-refractivity contribution is 8.00. The smallest absolute Gasteiger partial charge is 0.237 e. The lowest BCUT2D eigenvalue weighted by Gasteiger charge is -1.88. The maximum absolute atomic E-state index is 5.45. The molecule has 2 aromatic rings. The van der Waals surface area contributed by atoms with Crippen LogP contribution >= 0.6 is 23.1 Å². The number of rotatable bonds is 4. The molecule has 15 heavy (non-hydrogen) atoms. The van der Waals surface area contributed by atoms with E-state index in [9.17, 15) is 0 Å². The van der Waals surface area contributed by atoms with Gasteiger partial charge in [-0.15, -0.1) is 10.2 Å². The Bertz CT molecular complexity index is 440. The molecule has 0 fully saturated rings. The monoisotopic (exact) mass is 243 g/mol. The van der Waals surface area contributed by atoms with Gasteiger partial charge in [0, 0.05) is 6.42 Å². The van der Waals surface area contributed by atoms with Crippen LogP contribution < -0.4 is 5.73 Å². The Balaban J connectivity index is 1.93. The molecule has 0 aliphatic carbocycles. The fraction of sp³-hybridized carbons (Fsp3) is 0.429. The number of anilines is 1. The van der Waals surface area contributed by atoms with Crippen molar-refractivity contribution in [1.82, 2.24) is 20.3 Å². The van der Waals surface area contributed by atoms with Gasteiger partial charge >= 0.3 is 0 Å². The van der Waals surface area contributed by atoms with E-state index in [0.717, 1.165) is 16.6 Å². The number of hydrogen-bond acceptors (Lipinski definition) is 8. The Hall–Kier alpha value is -1.15. The highest BCUT2D eigenvalue weighted by atomic mass is 32.2. The molecule has 0 aromatic carbocycles. The molecule has 2 N–H and O–H groups in total. The average Bonchev–Trinajstić information content (AvgIpc) is 2.83. The van der Waals surface area contributed by atoms with E-state index in [4.69, 9.17) is 10.3 Å². The van der Waals surface area contributed by atoms with Gasteiger partial charge in [-0.1, -0.05) is 35.2 Å². The summed E-state index contributed by atoms with van der Waals surface area (Å²) >= 11 is 2.84. The largest absolute Gasteiger partial charge is 0.374 e. The fourth-order valence-electron chi connectivity index (χ4n) is 0.895. The predicted octanol–water partition coefficient (Wildman–Crippen LogP) is 1.36. The van der Waals surface area contributed by atoms with Gasteiger partial charge in [0.2, 0.25) is 11.0 Å². The molecule has 6 nitrogen and oxygen atoms in total. The van der Waals surface area contributed by atoms with Gasteiger partial charge in [0.25, 0.3) is 0 Å². The van der Waals surface area contributed by atoms with Gasteiger partial charge < -0.3 is 10.3 Å². The number of thioether (sulfide) groups is 1. The van der Waals surface area contributed by atoms with Crippen molar-refractivity contribution in [3.8, 4) is 0 Å². The van der Waals surface area contributed by atoms with Gasteiger partial charge in [0.15, 0.2) is 10.2 Å². The third-order valence-electron chi connectivity index (χ3n) is 1.57. The topological polar surface area (TPSA) is 90.7 Å². The number of nitrogen functional groups attached to an aromatic ring is 1. The molecule has 0 atom stereocenters. The molecular formula is C7H9N5OS2. The van der Waals surface area contributed by atoms with E-state index in [-0.39, 0.29) is 0 Å². The second kappa shape index (κ2) is 4.58. The van der Waals surface area contributed by atoms with Crippen LogP contribution in [0.5, 0.6) is 0 Å². The van der Waals surface area contributed by atoms with E-state index in [2.05, 4.69) is 20.3 Å². The lowest BCUT2D eigenvalue weighted by molar-refractivity contribution is 0.385. The van der Waals surface area contributed by atoms with Crippen LogP contribution in [0, 0.1) is 0 Å². The van der Waals surface area contributed by atoms with Crippen LogP contribution in [0.1, 0.15) is 18.6 Å². The Morgan fingerprint density at radius 2 is 2.33 bits per heavy atom. The summed E-state index contributed by atoms with van der Waals surface area (Å²) in [6.45, 7) is 1.98. The minimum absolute atomic E-state index is 0.470. The van der Waals surface area contributed by atoms with Crippen molar-refractivity contribution in [2.75, 3.05) is 5.73 Å². The number of aryl methyl sites for hydroxylation is 1. The minimum atomic E-state index is 0.470. The van der Waals surface area contributed by atoms with E-state index in [1.807, 2.05) is 6.92 Å². The van der Waals surface area contributed by atoms with Gasteiger partial charge in [-0.3, -0.25) is 0 Å². The molecule has 0 amide bonds. The first-order valence-corrected chi connectivity index (χ1v) is 6.11. The molecule has 0 saturated heterocycles. The van der Waals surface area contributed by atoms with E-state index in [0.29, 0.717) is 16.8 Å². The molecule has 2 aromatic heterocycles. The number of hydrogen-bond donors (Lipinski definition) is 1.